The molecule has 1 heterocycles. The van der Waals surface area contributed by atoms with Gasteiger partial charge in [0.05, 0.1) is 21.7 Å². The lowest BCUT2D eigenvalue weighted by Gasteiger charge is -2.24. The van der Waals surface area contributed by atoms with E-state index in [9.17, 15) is 16.8 Å². The smallest absolute Gasteiger partial charge is 0.183 e. The fourth-order valence-corrected chi connectivity index (χ4v) is 8.33. The number of benzene rings is 2. The first kappa shape index (κ1) is 21.0. The molecule has 1 N–H and O–H groups in total. The summed E-state index contributed by atoms with van der Waals surface area (Å²) in [5, 5.41) is 2.26. The average molecular weight is 422 g/mol. The largest absolute Gasteiger partial charge is 0.305 e. The van der Waals surface area contributed by atoms with E-state index in [0.717, 1.165) is 11.1 Å². The van der Waals surface area contributed by atoms with Crippen molar-refractivity contribution in [1.82, 2.24) is 5.32 Å². The molecule has 5 nitrogen and oxygen atoms in total. The van der Waals surface area contributed by atoms with E-state index in [0.29, 0.717) is 5.92 Å². The van der Waals surface area contributed by atoms with Crippen LogP contribution in [0.15, 0.2) is 59.5 Å². The third-order valence-electron chi connectivity index (χ3n) is 5.34. The Labute approximate surface area is 168 Å². The molecular weight excluding hydrogens is 394 g/mol. The van der Waals surface area contributed by atoms with Gasteiger partial charge in [-0.3, -0.25) is 0 Å². The van der Waals surface area contributed by atoms with Crippen LogP contribution < -0.4 is 5.32 Å². The minimum Gasteiger partial charge on any atom is -0.305 e. The second-order valence-electron chi connectivity index (χ2n) is 7.79. The van der Waals surface area contributed by atoms with Gasteiger partial charge in [0.25, 0.3) is 0 Å². The lowest BCUT2D eigenvalue weighted by Crippen LogP contribution is -2.44. The first-order chi connectivity index (χ1) is 13.1. The first-order valence-electron chi connectivity index (χ1n) is 9.45. The summed E-state index contributed by atoms with van der Waals surface area (Å²) in [6, 6.07) is 15.6. The summed E-state index contributed by atoms with van der Waals surface area (Å²) in [5.74, 6) is -0.219. The number of sulfone groups is 2. The predicted molar refractivity (Wildman–Crippen MR) is 112 cm³/mol. The minimum atomic E-state index is -3.77. The van der Waals surface area contributed by atoms with Crippen LogP contribution in [0.3, 0.4) is 0 Å². The summed E-state index contributed by atoms with van der Waals surface area (Å²) >= 11 is 0. The van der Waals surface area contributed by atoms with Crippen LogP contribution in [-0.2, 0) is 19.7 Å². The zero-order valence-electron chi connectivity index (χ0n) is 16.4. The molecule has 0 spiro atoms. The summed E-state index contributed by atoms with van der Waals surface area (Å²) in [7, 11) is -7.20. The SMILES string of the molecule is CC(C)c1ccc(S(=O)(=O)[C@H]2CS(=O)(=O)C[C@@H]2NC(C)c2ccccc2)cc1. The predicted octanol–water partition coefficient (Wildman–Crippen LogP) is 3.10. The zero-order valence-corrected chi connectivity index (χ0v) is 18.0. The van der Waals surface area contributed by atoms with E-state index in [1.807, 2.05) is 51.1 Å². The van der Waals surface area contributed by atoms with Gasteiger partial charge in [-0.05, 0) is 36.1 Å². The van der Waals surface area contributed by atoms with Gasteiger partial charge in [0.1, 0.15) is 0 Å². The molecular formula is C21H27NO4S2. The number of nitrogens with one attached hydrogen (secondary N) is 1. The quantitative estimate of drug-likeness (QED) is 0.775. The summed E-state index contributed by atoms with van der Waals surface area (Å²) in [5.41, 5.74) is 2.04. The van der Waals surface area contributed by atoms with Crippen molar-refractivity contribution >= 4 is 19.7 Å². The maximum atomic E-state index is 13.2. The van der Waals surface area contributed by atoms with Gasteiger partial charge >= 0.3 is 0 Å². The number of hydrogen-bond acceptors (Lipinski definition) is 5. The Kier molecular flexibility index (Phi) is 5.98. The molecule has 152 valence electrons. The summed E-state index contributed by atoms with van der Waals surface area (Å²) in [6.07, 6.45) is 0. The molecule has 1 unspecified atom stereocenters. The van der Waals surface area contributed by atoms with Crippen molar-refractivity contribution in [3.8, 4) is 0 Å². The van der Waals surface area contributed by atoms with Gasteiger partial charge in [-0.2, -0.15) is 0 Å². The topological polar surface area (TPSA) is 80.3 Å². The van der Waals surface area contributed by atoms with Crippen molar-refractivity contribution in [2.45, 2.75) is 48.9 Å². The number of rotatable bonds is 6. The van der Waals surface area contributed by atoms with Crippen molar-refractivity contribution in [3.05, 3.63) is 65.7 Å². The van der Waals surface area contributed by atoms with E-state index in [2.05, 4.69) is 5.32 Å². The lowest BCUT2D eigenvalue weighted by atomic mass is 10.0. The molecule has 0 amide bonds. The van der Waals surface area contributed by atoms with Crippen LogP contribution in [0, 0.1) is 0 Å². The maximum Gasteiger partial charge on any atom is 0.183 e. The normalized spacial score (nSPS) is 23.0. The minimum absolute atomic E-state index is 0.152. The van der Waals surface area contributed by atoms with Gasteiger partial charge < -0.3 is 5.32 Å². The van der Waals surface area contributed by atoms with E-state index in [4.69, 9.17) is 0 Å². The molecule has 0 bridgehead atoms. The Hall–Kier alpha value is -1.70. The molecule has 28 heavy (non-hydrogen) atoms. The Morgan fingerprint density at radius 2 is 1.50 bits per heavy atom. The number of hydrogen-bond donors (Lipinski definition) is 1. The van der Waals surface area contributed by atoms with Crippen LogP contribution in [-0.4, -0.2) is 39.6 Å². The van der Waals surface area contributed by atoms with Crippen molar-refractivity contribution in [3.63, 3.8) is 0 Å². The van der Waals surface area contributed by atoms with Gasteiger partial charge in [0.2, 0.25) is 0 Å². The first-order valence-corrected chi connectivity index (χ1v) is 12.8. The second kappa shape index (κ2) is 7.97. The van der Waals surface area contributed by atoms with E-state index in [-0.39, 0.29) is 22.4 Å². The molecule has 1 aliphatic heterocycles. The molecule has 1 saturated heterocycles. The molecule has 3 atom stereocenters. The van der Waals surface area contributed by atoms with Crippen LogP contribution >= 0.6 is 0 Å². The molecule has 0 aliphatic carbocycles. The van der Waals surface area contributed by atoms with Crippen molar-refractivity contribution in [2.24, 2.45) is 0 Å². The average Bonchev–Trinajstić information content (AvgIpc) is 2.97. The highest BCUT2D eigenvalue weighted by Gasteiger charge is 2.46. The van der Waals surface area contributed by atoms with Gasteiger partial charge in [0, 0.05) is 12.1 Å². The summed E-state index contributed by atoms with van der Waals surface area (Å²) < 4.78 is 51.0. The molecule has 2 aromatic rings. The molecule has 7 heteroatoms. The van der Waals surface area contributed by atoms with Crippen LogP contribution in [0.25, 0.3) is 0 Å². The Balaban J connectivity index is 1.88. The standard InChI is InChI=1S/C21H27NO4S2/c1-15(2)17-9-11-19(12-10-17)28(25,26)21-14-27(23,24)13-20(21)22-16(3)18-7-5-4-6-8-18/h4-12,15-16,20-22H,13-14H2,1-3H3/t16?,20-,21-/m0/s1. The molecule has 0 saturated carbocycles. The van der Waals surface area contributed by atoms with Gasteiger partial charge in [-0.25, -0.2) is 16.8 Å². The molecule has 0 aromatic heterocycles. The fraction of sp³-hybridized carbons (Fsp3) is 0.429. The molecule has 3 rings (SSSR count). The summed E-state index contributed by atoms with van der Waals surface area (Å²) in [6.45, 7) is 6.00. The highest BCUT2D eigenvalue weighted by Crippen LogP contribution is 2.28. The lowest BCUT2D eigenvalue weighted by molar-refractivity contribution is 0.475. The molecule has 1 aliphatic rings. The Morgan fingerprint density at radius 1 is 0.893 bits per heavy atom. The van der Waals surface area contributed by atoms with E-state index < -0.39 is 31.0 Å². The fourth-order valence-electron chi connectivity index (χ4n) is 3.65. The van der Waals surface area contributed by atoms with Gasteiger partial charge in [0.15, 0.2) is 19.7 Å². The van der Waals surface area contributed by atoms with Gasteiger partial charge in [-0.1, -0.05) is 56.3 Å². The summed E-state index contributed by atoms with van der Waals surface area (Å²) in [4.78, 5) is 0.179. The van der Waals surface area contributed by atoms with E-state index in [1.54, 1.807) is 24.3 Å². The van der Waals surface area contributed by atoms with Crippen molar-refractivity contribution in [2.75, 3.05) is 11.5 Å². The van der Waals surface area contributed by atoms with Crippen molar-refractivity contribution < 1.29 is 16.8 Å². The monoisotopic (exact) mass is 421 g/mol. The third-order valence-corrected chi connectivity index (χ3v) is 9.50. The Morgan fingerprint density at radius 3 is 2.07 bits per heavy atom. The Bertz CT molecular complexity index is 1010. The molecule has 0 radical (unpaired) electrons. The maximum absolute atomic E-state index is 13.2. The van der Waals surface area contributed by atoms with Crippen molar-refractivity contribution in [1.29, 1.82) is 0 Å². The van der Waals surface area contributed by atoms with Gasteiger partial charge in [-0.15, -0.1) is 0 Å². The van der Waals surface area contributed by atoms with Crippen LogP contribution in [0.4, 0.5) is 0 Å². The second-order valence-corrected chi connectivity index (χ2v) is 12.1. The third kappa shape index (κ3) is 4.47. The highest BCUT2D eigenvalue weighted by atomic mass is 32.2. The van der Waals surface area contributed by atoms with Crippen LogP contribution in [0.1, 0.15) is 43.9 Å². The van der Waals surface area contributed by atoms with Crippen LogP contribution in [0.2, 0.25) is 0 Å². The molecule has 1 fully saturated rings. The van der Waals surface area contributed by atoms with Crippen LogP contribution in [0.5, 0.6) is 0 Å². The highest BCUT2D eigenvalue weighted by molar-refractivity contribution is 7.96. The zero-order chi connectivity index (χ0) is 20.5. The molecule has 2 aromatic carbocycles. The van der Waals surface area contributed by atoms with E-state index in [1.165, 1.54) is 0 Å². The van der Waals surface area contributed by atoms with E-state index >= 15 is 0 Å².